The molecule has 2 aromatic rings. The van der Waals surface area contributed by atoms with Crippen molar-refractivity contribution in [1.29, 1.82) is 0 Å². The molecule has 1 N–H and O–H groups in total. The number of ether oxygens (including phenoxy) is 1. The summed E-state index contributed by atoms with van der Waals surface area (Å²) in [7, 11) is 1.30. The van der Waals surface area contributed by atoms with Gasteiger partial charge in [-0.05, 0) is 19.4 Å². The van der Waals surface area contributed by atoms with Crippen molar-refractivity contribution in [1.82, 2.24) is 5.16 Å². The van der Waals surface area contributed by atoms with Crippen LogP contribution in [-0.4, -0.2) is 24.1 Å². The quantitative estimate of drug-likeness (QED) is 0.877. The summed E-state index contributed by atoms with van der Waals surface area (Å²) >= 11 is 1.34. The lowest BCUT2D eigenvalue weighted by Gasteiger charge is -2.02. The maximum atomic E-state index is 12.0. The molecule has 0 fully saturated rings. The smallest absolute Gasteiger partial charge is 0.340 e. The van der Waals surface area contributed by atoms with Gasteiger partial charge < -0.3 is 14.6 Å². The Morgan fingerprint density at radius 2 is 2.20 bits per heavy atom. The van der Waals surface area contributed by atoms with Crippen molar-refractivity contribution in [3.63, 3.8) is 0 Å². The lowest BCUT2D eigenvalue weighted by atomic mass is 10.2. The van der Waals surface area contributed by atoms with Crippen molar-refractivity contribution in [3.8, 4) is 0 Å². The van der Waals surface area contributed by atoms with E-state index in [0.29, 0.717) is 16.3 Å². The van der Waals surface area contributed by atoms with E-state index < -0.39 is 11.9 Å². The highest BCUT2D eigenvalue weighted by molar-refractivity contribution is 7.16. The molecular weight excluding hydrogens is 280 g/mol. The number of carbonyl (C=O) groups is 2. The Hall–Kier alpha value is -2.15. The normalized spacial score (nSPS) is 10.3. The molecule has 0 bridgehead atoms. The van der Waals surface area contributed by atoms with Crippen molar-refractivity contribution < 1.29 is 18.8 Å². The molecule has 1 amide bonds. The van der Waals surface area contributed by atoms with Crippen LogP contribution >= 0.6 is 11.3 Å². The zero-order chi connectivity index (χ0) is 14.7. The summed E-state index contributed by atoms with van der Waals surface area (Å²) in [6.45, 7) is 3.67. The molecule has 106 valence electrons. The van der Waals surface area contributed by atoms with Crippen LogP contribution in [0.2, 0.25) is 0 Å². The number of aryl methyl sites for hydroxylation is 2. The fourth-order valence-electron chi connectivity index (χ4n) is 1.61. The van der Waals surface area contributed by atoms with E-state index in [9.17, 15) is 9.59 Å². The van der Waals surface area contributed by atoms with Gasteiger partial charge in [0.25, 0.3) is 5.91 Å². The lowest BCUT2D eigenvalue weighted by molar-refractivity contribution is 0.0602. The van der Waals surface area contributed by atoms with Crippen molar-refractivity contribution in [3.05, 3.63) is 34.0 Å². The summed E-state index contributed by atoms with van der Waals surface area (Å²) in [5.74, 6) is -0.354. The van der Waals surface area contributed by atoms with Crippen LogP contribution in [0.4, 0.5) is 5.00 Å². The van der Waals surface area contributed by atoms with Gasteiger partial charge in [-0.1, -0.05) is 12.1 Å². The van der Waals surface area contributed by atoms with Crippen LogP contribution in [0.15, 0.2) is 16.7 Å². The van der Waals surface area contributed by atoms with E-state index in [0.717, 1.165) is 11.3 Å². The van der Waals surface area contributed by atoms with Crippen LogP contribution < -0.4 is 5.32 Å². The van der Waals surface area contributed by atoms with Gasteiger partial charge in [-0.2, -0.15) is 0 Å². The summed E-state index contributed by atoms with van der Waals surface area (Å²) in [5, 5.41) is 6.76. The van der Waals surface area contributed by atoms with Crippen molar-refractivity contribution in [2.75, 3.05) is 12.4 Å². The summed E-state index contributed by atoms with van der Waals surface area (Å²) in [6, 6.07) is 3.25. The Labute approximate surface area is 119 Å². The van der Waals surface area contributed by atoms with E-state index in [1.807, 2.05) is 6.92 Å². The molecule has 20 heavy (non-hydrogen) atoms. The predicted octanol–water partition coefficient (Wildman–Crippen LogP) is 2.65. The summed E-state index contributed by atoms with van der Waals surface area (Å²) in [6.07, 6.45) is 0.771. The number of methoxy groups -OCH3 is 1. The lowest BCUT2D eigenvalue weighted by Crippen LogP contribution is -2.14. The second kappa shape index (κ2) is 5.87. The van der Waals surface area contributed by atoms with Crippen LogP contribution in [0.1, 0.15) is 38.4 Å². The number of hydrogen-bond acceptors (Lipinski definition) is 6. The SMILES string of the molecule is CCc1cc(C(=O)OC)c(NC(=O)c2cc(C)on2)s1. The molecule has 0 aliphatic rings. The molecule has 0 aliphatic heterocycles. The number of aromatic nitrogens is 1. The first-order chi connectivity index (χ1) is 9.55. The van der Waals surface area contributed by atoms with Gasteiger partial charge in [0, 0.05) is 10.9 Å². The van der Waals surface area contributed by atoms with Crippen LogP contribution in [0.25, 0.3) is 0 Å². The molecule has 0 radical (unpaired) electrons. The number of amides is 1. The van der Waals surface area contributed by atoms with Crippen LogP contribution in [0.3, 0.4) is 0 Å². The Kier molecular flexibility index (Phi) is 4.19. The molecule has 0 aromatic carbocycles. The number of nitrogens with zero attached hydrogens (tertiary/aromatic N) is 1. The maximum Gasteiger partial charge on any atom is 0.340 e. The first kappa shape index (κ1) is 14.3. The molecule has 7 heteroatoms. The fourth-order valence-corrected chi connectivity index (χ4v) is 2.59. The molecule has 0 aliphatic carbocycles. The first-order valence-corrected chi connectivity index (χ1v) is 6.82. The third kappa shape index (κ3) is 2.88. The Bertz CT molecular complexity index is 645. The van der Waals surface area contributed by atoms with Crippen molar-refractivity contribution in [2.45, 2.75) is 20.3 Å². The minimum absolute atomic E-state index is 0.171. The highest BCUT2D eigenvalue weighted by Gasteiger charge is 2.20. The van der Waals surface area contributed by atoms with Crippen LogP contribution in [-0.2, 0) is 11.2 Å². The zero-order valence-electron chi connectivity index (χ0n) is 11.4. The topological polar surface area (TPSA) is 81.4 Å². The van der Waals surface area contributed by atoms with Crippen LogP contribution in [0, 0.1) is 6.92 Å². The maximum absolute atomic E-state index is 12.0. The first-order valence-electron chi connectivity index (χ1n) is 6.00. The summed E-state index contributed by atoms with van der Waals surface area (Å²) in [5.41, 5.74) is 0.521. The van der Waals surface area contributed by atoms with E-state index in [1.165, 1.54) is 24.5 Å². The molecular formula is C13H14N2O4S. The molecule has 2 rings (SSSR count). The van der Waals surface area contributed by atoms with Gasteiger partial charge in [-0.15, -0.1) is 11.3 Å². The van der Waals surface area contributed by atoms with Gasteiger partial charge >= 0.3 is 5.97 Å². The number of esters is 1. The second-order valence-corrected chi connectivity index (χ2v) is 5.21. The predicted molar refractivity (Wildman–Crippen MR) is 74.2 cm³/mol. The van der Waals surface area contributed by atoms with Crippen molar-refractivity contribution >= 4 is 28.2 Å². The van der Waals surface area contributed by atoms with E-state index in [-0.39, 0.29) is 5.69 Å². The number of rotatable bonds is 4. The third-order valence-electron chi connectivity index (χ3n) is 2.62. The van der Waals surface area contributed by atoms with E-state index >= 15 is 0 Å². The minimum Gasteiger partial charge on any atom is -0.465 e. The fraction of sp³-hybridized carbons (Fsp3) is 0.308. The molecule has 0 saturated heterocycles. The van der Waals surface area contributed by atoms with E-state index in [4.69, 9.17) is 9.26 Å². The van der Waals surface area contributed by atoms with E-state index in [2.05, 4.69) is 10.5 Å². The number of anilines is 1. The zero-order valence-corrected chi connectivity index (χ0v) is 12.2. The second-order valence-electron chi connectivity index (χ2n) is 4.08. The third-order valence-corrected chi connectivity index (χ3v) is 3.82. The van der Waals surface area contributed by atoms with Gasteiger partial charge in [0.15, 0.2) is 5.69 Å². The number of carbonyl (C=O) groups excluding carboxylic acids is 2. The van der Waals surface area contributed by atoms with Gasteiger partial charge in [0.05, 0.1) is 12.7 Å². The summed E-state index contributed by atoms with van der Waals surface area (Å²) in [4.78, 5) is 24.7. The molecule has 6 nitrogen and oxygen atoms in total. The number of hydrogen-bond donors (Lipinski definition) is 1. The standard InChI is InChI=1S/C13H14N2O4S/c1-4-8-6-9(13(17)18-3)12(20-8)14-11(16)10-5-7(2)19-15-10/h5-6H,4H2,1-3H3,(H,14,16). The molecule has 2 heterocycles. The van der Waals surface area contributed by atoms with E-state index in [1.54, 1.807) is 13.0 Å². The van der Waals surface area contributed by atoms with Crippen LogP contribution in [0.5, 0.6) is 0 Å². The summed E-state index contributed by atoms with van der Waals surface area (Å²) < 4.78 is 9.56. The van der Waals surface area contributed by atoms with Crippen molar-refractivity contribution in [2.24, 2.45) is 0 Å². The molecule has 0 atom stereocenters. The minimum atomic E-state index is -0.479. The Morgan fingerprint density at radius 3 is 2.75 bits per heavy atom. The largest absolute Gasteiger partial charge is 0.465 e. The van der Waals surface area contributed by atoms with Gasteiger partial charge in [-0.25, -0.2) is 4.79 Å². The Balaban J connectivity index is 2.26. The molecule has 0 unspecified atom stereocenters. The molecule has 0 spiro atoms. The molecule has 2 aromatic heterocycles. The highest BCUT2D eigenvalue weighted by Crippen LogP contribution is 2.29. The van der Waals surface area contributed by atoms with Gasteiger partial charge in [-0.3, -0.25) is 4.79 Å². The van der Waals surface area contributed by atoms with Gasteiger partial charge in [0.1, 0.15) is 10.8 Å². The number of nitrogens with one attached hydrogen (secondary N) is 1. The highest BCUT2D eigenvalue weighted by atomic mass is 32.1. The average Bonchev–Trinajstić information content (AvgIpc) is 3.04. The molecule has 0 saturated carbocycles. The monoisotopic (exact) mass is 294 g/mol. The van der Waals surface area contributed by atoms with Gasteiger partial charge in [0.2, 0.25) is 0 Å². The average molecular weight is 294 g/mol. The number of thiophene rings is 1. The Morgan fingerprint density at radius 1 is 1.45 bits per heavy atom.